The van der Waals surface area contributed by atoms with E-state index in [1.165, 1.54) is 0 Å². The fourth-order valence-corrected chi connectivity index (χ4v) is 2.73. The summed E-state index contributed by atoms with van der Waals surface area (Å²) in [6.45, 7) is 5.00. The molecule has 2 heterocycles. The second kappa shape index (κ2) is 6.85. The number of hydrogen-bond donors (Lipinski definition) is 1. The third kappa shape index (κ3) is 3.81. The smallest absolute Gasteiger partial charge is 0.317 e. The summed E-state index contributed by atoms with van der Waals surface area (Å²) in [6, 6.07) is 3.50. The molecule has 2 rings (SSSR count). The van der Waals surface area contributed by atoms with Crippen molar-refractivity contribution in [3.63, 3.8) is 0 Å². The van der Waals surface area contributed by atoms with Gasteiger partial charge < -0.3 is 19.5 Å². The Kier molecular flexibility index (Phi) is 5.11. The number of nitrogens with one attached hydrogen (secondary N) is 1. The van der Waals surface area contributed by atoms with Gasteiger partial charge in [0.05, 0.1) is 6.04 Å². The largest absolute Gasteiger partial charge is 0.464 e. The first kappa shape index (κ1) is 16.4. The Morgan fingerprint density at radius 2 is 1.95 bits per heavy atom. The van der Waals surface area contributed by atoms with Crippen LogP contribution in [0.25, 0.3) is 0 Å². The first-order valence-electron chi connectivity index (χ1n) is 7.71. The lowest BCUT2D eigenvalue weighted by atomic mass is 9.96. The maximum absolute atomic E-state index is 12.3. The number of carbonyl (C=O) groups is 2. The van der Waals surface area contributed by atoms with E-state index < -0.39 is 0 Å². The molecule has 0 saturated carbocycles. The Labute approximate surface area is 131 Å². The topological polar surface area (TPSA) is 65.8 Å². The van der Waals surface area contributed by atoms with E-state index >= 15 is 0 Å². The van der Waals surface area contributed by atoms with Gasteiger partial charge in [0.1, 0.15) is 11.5 Å². The van der Waals surface area contributed by atoms with Crippen LogP contribution in [-0.4, -0.2) is 48.9 Å². The molecule has 3 amide bonds. The maximum atomic E-state index is 12.3. The molecule has 6 heteroatoms. The average Bonchev–Trinajstić information content (AvgIpc) is 2.93. The minimum absolute atomic E-state index is 0.0317. The van der Waals surface area contributed by atoms with Gasteiger partial charge in [-0.1, -0.05) is 0 Å². The number of nitrogens with zero attached hydrogens (tertiary/aromatic N) is 2. The highest BCUT2D eigenvalue weighted by Crippen LogP contribution is 2.20. The van der Waals surface area contributed by atoms with E-state index in [1.807, 2.05) is 26.0 Å². The Hall–Kier alpha value is -1.98. The summed E-state index contributed by atoms with van der Waals surface area (Å²) >= 11 is 0. The average molecular weight is 307 g/mol. The summed E-state index contributed by atoms with van der Waals surface area (Å²) < 4.78 is 5.52. The summed E-state index contributed by atoms with van der Waals surface area (Å²) in [5.41, 5.74) is 0. The van der Waals surface area contributed by atoms with E-state index in [1.54, 1.807) is 23.9 Å². The fourth-order valence-electron chi connectivity index (χ4n) is 2.73. The van der Waals surface area contributed by atoms with Crippen LogP contribution in [0.4, 0.5) is 4.79 Å². The monoisotopic (exact) mass is 307 g/mol. The van der Waals surface area contributed by atoms with Crippen molar-refractivity contribution in [1.29, 1.82) is 0 Å². The van der Waals surface area contributed by atoms with Gasteiger partial charge in [0.2, 0.25) is 5.91 Å². The highest BCUT2D eigenvalue weighted by Gasteiger charge is 2.28. The molecular formula is C16H25N3O3. The van der Waals surface area contributed by atoms with Gasteiger partial charge in [-0.25, -0.2) is 4.79 Å². The van der Waals surface area contributed by atoms with Crippen LogP contribution in [0.2, 0.25) is 0 Å². The van der Waals surface area contributed by atoms with Crippen molar-refractivity contribution in [3.05, 3.63) is 23.7 Å². The molecule has 1 unspecified atom stereocenters. The van der Waals surface area contributed by atoms with Gasteiger partial charge in [-0.3, -0.25) is 4.79 Å². The number of aryl methyl sites for hydroxylation is 1. The first-order chi connectivity index (χ1) is 10.4. The van der Waals surface area contributed by atoms with Crippen LogP contribution in [0.1, 0.15) is 37.3 Å². The third-order valence-corrected chi connectivity index (χ3v) is 4.10. The van der Waals surface area contributed by atoms with E-state index in [0.717, 1.165) is 24.4 Å². The van der Waals surface area contributed by atoms with Crippen molar-refractivity contribution >= 4 is 11.9 Å². The van der Waals surface area contributed by atoms with Gasteiger partial charge in [0.25, 0.3) is 0 Å². The lowest BCUT2D eigenvalue weighted by Gasteiger charge is -2.33. The predicted octanol–water partition coefficient (Wildman–Crippen LogP) is 2.16. The minimum Gasteiger partial charge on any atom is -0.464 e. The molecule has 1 N–H and O–H groups in total. The Bertz CT molecular complexity index is 530. The van der Waals surface area contributed by atoms with Crippen LogP contribution in [0.15, 0.2) is 16.5 Å². The molecule has 0 bridgehead atoms. The molecule has 6 nitrogen and oxygen atoms in total. The molecule has 122 valence electrons. The molecule has 1 aromatic heterocycles. The zero-order chi connectivity index (χ0) is 16.3. The van der Waals surface area contributed by atoms with E-state index in [0.29, 0.717) is 13.1 Å². The van der Waals surface area contributed by atoms with Crippen molar-refractivity contribution in [1.82, 2.24) is 15.1 Å². The SMILES string of the molecule is Cc1ccc(C(C)NC(=O)N2CCC(C(=O)N(C)C)CC2)o1. The quantitative estimate of drug-likeness (QED) is 0.930. The summed E-state index contributed by atoms with van der Waals surface area (Å²) in [5.74, 6) is 1.77. The number of carbonyl (C=O) groups excluding carboxylic acids is 2. The minimum atomic E-state index is -0.165. The summed E-state index contributed by atoms with van der Waals surface area (Å²) in [5, 5.41) is 2.94. The molecule has 0 aromatic carbocycles. The second-order valence-electron chi connectivity index (χ2n) is 6.11. The van der Waals surface area contributed by atoms with Crippen LogP contribution in [0.5, 0.6) is 0 Å². The standard InChI is InChI=1S/C16H25N3O3/c1-11-5-6-14(22-11)12(2)17-16(21)19-9-7-13(8-10-19)15(20)18(3)4/h5-6,12-13H,7-10H2,1-4H3,(H,17,21). The van der Waals surface area contributed by atoms with Gasteiger partial charge >= 0.3 is 6.03 Å². The van der Waals surface area contributed by atoms with Crippen molar-refractivity contribution < 1.29 is 14.0 Å². The van der Waals surface area contributed by atoms with E-state index in [-0.39, 0.29) is 23.9 Å². The highest BCUT2D eigenvalue weighted by atomic mass is 16.3. The van der Waals surface area contributed by atoms with Crippen LogP contribution in [0, 0.1) is 12.8 Å². The number of likely N-dealkylation sites (tertiary alicyclic amines) is 1. The lowest BCUT2D eigenvalue weighted by Crippen LogP contribution is -2.47. The van der Waals surface area contributed by atoms with Crippen LogP contribution < -0.4 is 5.32 Å². The summed E-state index contributed by atoms with van der Waals surface area (Å²) in [4.78, 5) is 27.6. The molecule has 22 heavy (non-hydrogen) atoms. The highest BCUT2D eigenvalue weighted by molar-refractivity contribution is 5.79. The number of hydrogen-bond acceptors (Lipinski definition) is 3. The van der Waals surface area contributed by atoms with Crippen LogP contribution >= 0.6 is 0 Å². The first-order valence-corrected chi connectivity index (χ1v) is 7.71. The Morgan fingerprint density at radius 3 is 2.45 bits per heavy atom. The number of rotatable bonds is 3. The van der Waals surface area contributed by atoms with E-state index in [4.69, 9.17) is 4.42 Å². The molecule has 0 radical (unpaired) electrons. The van der Waals surface area contributed by atoms with Gasteiger partial charge in [0.15, 0.2) is 0 Å². The lowest BCUT2D eigenvalue weighted by molar-refractivity contribution is -0.134. The van der Waals surface area contributed by atoms with Crippen molar-refractivity contribution in [3.8, 4) is 0 Å². The van der Waals surface area contributed by atoms with Crippen molar-refractivity contribution in [2.24, 2.45) is 5.92 Å². The van der Waals surface area contributed by atoms with E-state index in [9.17, 15) is 9.59 Å². The summed E-state index contributed by atoms with van der Waals surface area (Å²) in [6.07, 6.45) is 1.44. The van der Waals surface area contributed by atoms with Crippen LogP contribution in [-0.2, 0) is 4.79 Å². The molecular weight excluding hydrogens is 282 g/mol. The molecule has 1 aromatic rings. The molecule has 1 fully saturated rings. The number of urea groups is 1. The molecule has 1 aliphatic heterocycles. The number of furan rings is 1. The Morgan fingerprint density at radius 1 is 1.32 bits per heavy atom. The normalized spacial score (nSPS) is 17.2. The van der Waals surface area contributed by atoms with Crippen LogP contribution in [0.3, 0.4) is 0 Å². The van der Waals surface area contributed by atoms with Gasteiger partial charge in [-0.15, -0.1) is 0 Å². The number of piperidine rings is 1. The van der Waals surface area contributed by atoms with Gasteiger partial charge in [-0.2, -0.15) is 0 Å². The maximum Gasteiger partial charge on any atom is 0.317 e. The van der Waals surface area contributed by atoms with Gasteiger partial charge in [0, 0.05) is 33.1 Å². The van der Waals surface area contributed by atoms with Gasteiger partial charge in [-0.05, 0) is 38.8 Å². The predicted molar refractivity (Wildman–Crippen MR) is 83.4 cm³/mol. The number of amides is 3. The molecule has 1 saturated heterocycles. The summed E-state index contributed by atoms with van der Waals surface area (Å²) in [7, 11) is 3.54. The van der Waals surface area contributed by atoms with Crippen molar-refractivity contribution in [2.45, 2.75) is 32.7 Å². The molecule has 0 spiro atoms. The molecule has 0 aliphatic carbocycles. The fraction of sp³-hybridized carbons (Fsp3) is 0.625. The zero-order valence-corrected chi connectivity index (χ0v) is 13.8. The van der Waals surface area contributed by atoms with Crippen molar-refractivity contribution in [2.75, 3.05) is 27.2 Å². The van der Waals surface area contributed by atoms with E-state index in [2.05, 4.69) is 5.32 Å². The molecule has 1 aliphatic rings. The Balaban J connectivity index is 1.83. The molecule has 1 atom stereocenters. The zero-order valence-electron chi connectivity index (χ0n) is 13.8. The second-order valence-corrected chi connectivity index (χ2v) is 6.11. The third-order valence-electron chi connectivity index (χ3n) is 4.10.